The van der Waals surface area contributed by atoms with Crippen molar-refractivity contribution in [1.82, 2.24) is 15.1 Å². The second-order valence-electron chi connectivity index (χ2n) is 5.56. The highest BCUT2D eigenvalue weighted by Crippen LogP contribution is 2.14. The number of piperidine rings is 1. The number of morpholine rings is 1. The molecule has 2 rings (SSSR count). The van der Waals surface area contributed by atoms with Crippen LogP contribution in [0.2, 0.25) is 0 Å². The summed E-state index contributed by atoms with van der Waals surface area (Å²) in [6.45, 7) is 6.71. The minimum Gasteiger partial charge on any atom is -0.379 e. The summed E-state index contributed by atoms with van der Waals surface area (Å²) < 4.78 is 5.28. The average Bonchev–Trinajstić information content (AvgIpc) is 2.48. The van der Waals surface area contributed by atoms with Crippen LogP contribution < -0.4 is 5.32 Å². The SMILES string of the molecule is CN1CCCC(C(=O)NCC#CCN2CCOCC2)C1. The van der Waals surface area contributed by atoms with Gasteiger partial charge in [-0.25, -0.2) is 0 Å². The van der Waals surface area contributed by atoms with Gasteiger partial charge in [-0.05, 0) is 26.4 Å². The number of carbonyl (C=O) groups excluding carboxylic acids is 1. The van der Waals surface area contributed by atoms with E-state index >= 15 is 0 Å². The second-order valence-corrected chi connectivity index (χ2v) is 5.56. The fourth-order valence-electron chi connectivity index (χ4n) is 2.65. The van der Waals surface area contributed by atoms with E-state index in [0.29, 0.717) is 6.54 Å². The minimum atomic E-state index is 0.134. The fourth-order valence-corrected chi connectivity index (χ4v) is 2.65. The maximum absolute atomic E-state index is 12.0. The first-order valence-electron chi connectivity index (χ1n) is 7.48. The van der Waals surface area contributed by atoms with Crippen LogP contribution in [0.3, 0.4) is 0 Å². The van der Waals surface area contributed by atoms with E-state index in [4.69, 9.17) is 4.74 Å². The zero-order valence-corrected chi connectivity index (χ0v) is 12.4. The van der Waals surface area contributed by atoms with Crippen molar-refractivity contribution in [3.8, 4) is 11.8 Å². The zero-order chi connectivity index (χ0) is 14.2. The predicted molar refractivity (Wildman–Crippen MR) is 78.3 cm³/mol. The van der Waals surface area contributed by atoms with Crippen molar-refractivity contribution in [3.63, 3.8) is 0 Å². The van der Waals surface area contributed by atoms with Crippen molar-refractivity contribution in [2.75, 3.05) is 59.5 Å². The first kappa shape index (κ1) is 15.3. The van der Waals surface area contributed by atoms with Crippen molar-refractivity contribution in [3.05, 3.63) is 0 Å². The van der Waals surface area contributed by atoms with E-state index in [1.807, 2.05) is 0 Å². The summed E-state index contributed by atoms with van der Waals surface area (Å²) in [6, 6.07) is 0. The molecule has 1 atom stereocenters. The Morgan fingerprint density at radius 3 is 2.85 bits per heavy atom. The predicted octanol–water partition coefficient (Wildman–Crippen LogP) is -0.220. The molecule has 1 unspecified atom stereocenters. The van der Waals surface area contributed by atoms with Gasteiger partial charge in [-0.15, -0.1) is 0 Å². The average molecular weight is 279 g/mol. The van der Waals surface area contributed by atoms with Gasteiger partial charge in [-0.3, -0.25) is 9.69 Å². The Labute approximate surface area is 121 Å². The van der Waals surface area contributed by atoms with Gasteiger partial charge in [-0.2, -0.15) is 0 Å². The summed E-state index contributed by atoms with van der Waals surface area (Å²) in [7, 11) is 2.07. The van der Waals surface area contributed by atoms with Crippen molar-refractivity contribution in [2.45, 2.75) is 12.8 Å². The van der Waals surface area contributed by atoms with E-state index in [2.05, 4.69) is 34.0 Å². The van der Waals surface area contributed by atoms with Crippen LogP contribution in [0.4, 0.5) is 0 Å². The third kappa shape index (κ3) is 5.12. The molecule has 112 valence electrons. The fraction of sp³-hybridized carbons (Fsp3) is 0.800. The maximum atomic E-state index is 12.0. The number of amides is 1. The number of ether oxygens (including phenoxy) is 1. The van der Waals surface area contributed by atoms with E-state index in [1.165, 1.54) is 0 Å². The molecule has 0 bridgehead atoms. The maximum Gasteiger partial charge on any atom is 0.225 e. The van der Waals surface area contributed by atoms with Gasteiger partial charge in [0.25, 0.3) is 0 Å². The topological polar surface area (TPSA) is 44.8 Å². The van der Waals surface area contributed by atoms with Gasteiger partial charge in [-0.1, -0.05) is 11.8 Å². The highest BCUT2D eigenvalue weighted by atomic mass is 16.5. The van der Waals surface area contributed by atoms with Crippen molar-refractivity contribution >= 4 is 5.91 Å². The molecule has 0 radical (unpaired) electrons. The molecule has 2 saturated heterocycles. The van der Waals surface area contributed by atoms with Gasteiger partial charge in [0, 0.05) is 19.6 Å². The molecule has 2 aliphatic heterocycles. The van der Waals surface area contributed by atoms with Crippen molar-refractivity contribution in [2.24, 2.45) is 5.92 Å². The van der Waals surface area contributed by atoms with Gasteiger partial charge >= 0.3 is 0 Å². The number of likely N-dealkylation sites (tertiary alicyclic amines) is 1. The molecule has 2 heterocycles. The Kier molecular flexibility index (Phi) is 6.31. The first-order valence-corrected chi connectivity index (χ1v) is 7.48. The van der Waals surface area contributed by atoms with E-state index in [-0.39, 0.29) is 11.8 Å². The van der Waals surface area contributed by atoms with E-state index in [0.717, 1.165) is 58.8 Å². The molecule has 1 amide bonds. The molecule has 0 aromatic carbocycles. The summed E-state index contributed by atoms with van der Waals surface area (Å²) in [6.07, 6.45) is 2.11. The zero-order valence-electron chi connectivity index (χ0n) is 12.4. The van der Waals surface area contributed by atoms with Crippen LogP contribution in [0.25, 0.3) is 0 Å². The summed E-state index contributed by atoms with van der Waals surface area (Å²) in [5, 5.41) is 2.93. The number of nitrogens with one attached hydrogen (secondary N) is 1. The third-order valence-corrected chi connectivity index (χ3v) is 3.88. The number of rotatable bonds is 3. The van der Waals surface area contributed by atoms with Gasteiger partial charge in [0.1, 0.15) is 0 Å². The van der Waals surface area contributed by atoms with Crippen LogP contribution in [0.5, 0.6) is 0 Å². The Balaban J connectivity index is 1.61. The number of hydrogen-bond donors (Lipinski definition) is 1. The molecule has 0 aromatic rings. The molecule has 2 aliphatic rings. The molecule has 5 nitrogen and oxygen atoms in total. The Bertz CT molecular complexity index is 369. The summed E-state index contributed by atoms with van der Waals surface area (Å²) in [4.78, 5) is 16.5. The number of nitrogens with zero attached hydrogens (tertiary/aromatic N) is 2. The number of hydrogen-bond acceptors (Lipinski definition) is 4. The van der Waals surface area contributed by atoms with Crippen LogP contribution in [0.1, 0.15) is 12.8 Å². The van der Waals surface area contributed by atoms with E-state index in [9.17, 15) is 4.79 Å². The highest BCUT2D eigenvalue weighted by molar-refractivity contribution is 5.79. The monoisotopic (exact) mass is 279 g/mol. The van der Waals surface area contributed by atoms with Crippen LogP contribution in [-0.2, 0) is 9.53 Å². The van der Waals surface area contributed by atoms with Crippen molar-refractivity contribution in [1.29, 1.82) is 0 Å². The summed E-state index contributed by atoms with van der Waals surface area (Å²) in [5.41, 5.74) is 0. The molecule has 0 aliphatic carbocycles. The third-order valence-electron chi connectivity index (χ3n) is 3.88. The molecular formula is C15H25N3O2. The molecule has 0 aromatic heterocycles. The molecule has 0 spiro atoms. The van der Waals surface area contributed by atoms with Crippen LogP contribution in [0.15, 0.2) is 0 Å². The van der Waals surface area contributed by atoms with E-state index in [1.54, 1.807) is 0 Å². The largest absolute Gasteiger partial charge is 0.379 e. The molecular weight excluding hydrogens is 254 g/mol. The normalized spacial score (nSPS) is 24.8. The lowest BCUT2D eigenvalue weighted by molar-refractivity contribution is -0.126. The van der Waals surface area contributed by atoms with E-state index < -0.39 is 0 Å². The Morgan fingerprint density at radius 2 is 2.10 bits per heavy atom. The lowest BCUT2D eigenvalue weighted by Gasteiger charge is -2.28. The Morgan fingerprint density at radius 1 is 1.30 bits per heavy atom. The van der Waals surface area contributed by atoms with Gasteiger partial charge < -0.3 is 15.0 Å². The summed E-state index contributed by atoms with van der Waals surface area (Å²) in [5.74, 6) is 6.44. The molecule has 20 heavy (non-hydrogen) atoms. The van der Waals surface area contributed by atoms with Gasteiger partial charge in [0.15, 0.2) is 0 Å². The number of carbonyl (C=O) groups is 1. The van der Waals surface area contributed by atoms with Crippen LogP contribution >= 0.6 is 0 Å². The van der Waals surface area contributed by atoms with Crippen LogP contribution in [-0.4, -0.2) is 75.2 Å². The van der Waals surface area contributed by atoms with Gasteiger partial charge in [0.05, 0.1) is 32.2 Å². The minimum absolute atomic E-state index is 0.134. The Hall–Kier alpha value is -1.09. The molecule has 0 saturated carbocycles. The smallest absolute Gasteiger partial charge is 0.225 e. The summed E-state index contributed by atoms with van der Waals surface area (Å²) >= 11 is 0. The van der Waals surface area contributed by atoms with Gasteiger partial charge in [0.2, 0.25) is 5.91 Å². The lowest BCUT2D eigenvalue weighted by atomic mass is 9.98. The lowest BCUT2D eigenvalue weighted by Crippen LogP contribution is -2.41. The molecule has 5 heteroatoms. The molecule has 2 fully saturated rings. The molecule has 1 N–H and O–H groups in total. The highest BCUT2D eigenvalue weighted by Gasteiger charge is 2.23. The van der Waals surface area contributed by atoms with Crippen molar-refractivity contribution < 1.29 is 9.53 Å². The second kappa shape index (κ2) is 8.25. The standard InChI is InChI=1S/C15H25N3O2/c1-17-7-4-5-14(13-17)15(19)16-6-2-3-8-18-9-11-20-12-10-18/h14H,4-13H2,1H3,(H,16,19). The van der Waals surface area contributed by atoms with Crippen LogP contribution in [0, 0.1) is 17.8 Å². The first-order chi connectivity index (χ1) is 9.75. The quantitative estimate of drug-likeness (QED) is 0.726.